The third kappa shape index (κ3) is 5.69. The molecule has 0 heterocycles. The number of sulfonamides is 1. The monoisotopic (exact) mass is 442 g/mol. The first-order chi connectivity index (χ1) is 14.2. The standard InChI is InChI=1S/C23H23ClN2O3S/c1-17-9-11-22(12-10-17)30(28,29)26(15-19-6-3-5-18(2)13-19)16-23(27)25-21-8-4-7-20(24)14-21/h3-14H,15-16H2,1-2H3,(H,25,27). The van der Waals surface area contributed by atoms with Crippen LogP contribution in [0.15, 0.2) is 77.7 Å². The zero-order valence-corrected chi connectivity index (χ0v) is 18.4. The van der Waals surface area contributed by atoms with Gasteiger partial charge in [-0.1, -0.05) is 65.2 Å². The molecule has 0 spiro atoms. The van der Waals surface area contributed by atoms with Gasteiger partial charge in [-0.2, -0.15) is 4.31 Å². The molecule has 7 heteroatoms. The maximum atomic E-state index is 13.3. The van der Waals surface area contributed by atoms with E-state index >= 15 is 0 Å². The van der Waals surface area contributed by atoms with Crippen molar-refractivity contribution in [2.45, 2.75) is 25.3 Å². The van der Waals surface area contributed by atoms with E-state index in [1.54, 1.807) is 48.5 Å². The molecular formula is C23H23ClN2O3S. The molecule has 0 saturated carbocycles. The summed E-state index contributed by atoms with van der Waals surface area (Å²) in [4.78, 5) is 12.8. The van der Waals surface area contributed by atoms with Crippen LogP contribution in [0.1, 0.15) is 16.7 Å². The van der Waals surface area contributed by atoms with Gasteiger partial charge < -0.3 is 5.32 Å². The number of amides is 1. The number of benzene rings is 3. The second kappa shape index (κ2) is 9.43. The summed E-state index contributed by atoms with van der Waals surface area (Å²) in [6.07, 6.45) is 0. The number of nitrogens with zero attached hydrogens (tertiary/aromatic N) is 1. The topological polar surface area (TPSA) is 66.5 Å². The molecule has 0 aliphatic rings. The predicted octanol–water partition coefficient (Wildman–Crippen LogP) is 4.79. The van der Waals surface area contributed by atoms with Crippen molar-refractivity contribution in [2.75, 3.05) is 11.9 Å². The summed E-state index contributed by atoms with van der Waals surface area (Å²) in [6.45, 7) is 3.59. The van der Waals surface area contributed by atoms with Gasteiger partial charge in [0.25, 0.3) is 0 Å². The molecule has 0 bridgehead atoms. The SMILES string of the molecule is Cc1ccc(S(=O)(=O)N(CC(=O)Nc2cccc(Cl)c2)Cc2cccc(C)c2)cc1. The Kier molecular flexibility index (Phi) is 6.92. The Morgan fingerprint density at radius 2 is 1.63 bits per heavy atom. The van der Waals surface area contributed by atoms with E-state index in [1.807, 2.05) is 38.1 Å². The van der Waals surface area contributed by atoms with Crippen LogP contribution in [0.25, 0.3) is 0 Å². The molecule has 1 amide bonds. The number of aryl methyl sites for hydroxylation is 2. The van der Waals surface area contributed by atoms with Crippen molar-refractivity contribution >= 4 is 33.2 Å². The first-order valence-corrected chi connectivity index (χ1v) is 11.2. The summed E-state index contributed by atoms with van der Waals surface area (Å²) in [5.41, 5.74) is 3.29. The van der Waals surface area contributed by atoms with Crippen molar-refractivity contribution in [2.24, 2.45) is 0 Å². The number of hydrogen-bond acceptors (Lipinski definition) is 3. The third-order valence-electron chi connectivity index (χ3n) is 4.53. The molecule has 0 aliphatic heterocycles. The van der Waals surface area contributed by atoms with E-state index in [4.69, 9.17) is 11.6 Å². The van der Waals surface area contributed by atoms with Crippen LogP contribution < -0.4 is 5.32 Å². The zero-order valence-electron chi connectivity index (χ0n) is 16.8. The molecule has 0 radical (unpaired) electrons. The highest BCUT2D eigenvalue weighted by molar-refractivity contribution is 7.89. The fourth-order valence-electron chi connectivity index (χ4n) is 3.03. The van der Waals surface area contributed by atoms with Crippen molar-refractivity contribution < 1.29 is 13.2 Å². The quantitative estimate of drug-likeness (QED) is 0.572. The Morgan fingerprint density at radius 1 is 0.933 bits per heavy atom. The van der Waals surface area contributed by atoms with Gasteiger partial charge in [0.1, 0.15) is 0 Å². The number of hydrogen-bond donors (Lipinski definition) is 1. The summed E-state index contributed by atoms with van der Waals surface area (Å²) < 4.78 is 27.8. The summed E-state index contributed by atoms with van der Waals surface area (Å²) >= 11 is 5.96. The molecule has 5 nitrogen and oxygen atoms in total. The van der Waals surface area contributed by atoms with Crippen LogP contribution in [0, 0.1) is 13.8 Å². The van der Waals surface area contributed by atoms with E-state index in [2.05, 4.69) is 5.32 Å². The van der Waals surface area contributed by atoms with Gasteiger partial charge in [0.15, 0.2) is 0 Å². The van der Waals surface area contributed by atoms with Gasteiger partial charge in [-0.05, 0) is 49.7 Å². The van der Waals surface area contributed by atoms with Gasteiger partial charge in [0.05, 0.1) is 11.4 Å². The predicted molar refractivity (Wildman–Crippen MR) is 120 cm³/mol. The van der Waals surface area contributed by atoms with Gasteiger partial charge in [-0.25, -0.2) is 8.42 Å². The average Bonchev–Trinajstić information content (AvgIpc) is 2.68. The lowest BCUT2D eigenvalue weighted by Gasteiger charge is -2.22. The molecule has 1 N–H and O–H groups in total. The van der Waals surface area contributed by atoms with Gasteiger partial charge in [0.2, 0.25) is 15.9 Å². The van der Waals surface area contributed by atoms with E-state index in [0.29, 0.717) is 10.7 Å². The van der Waals surface area contributed by atoms with E-state index in [9.17, 15) is 13.2 Å². The lowest BCUT2D eigenvalue weighted by Crippen LogP contribution is -2.37. The fourth-order valence-corrected chi connectivity index (χ4v) is 4.60. The van der Waals surface area contributed by atoms with Crippen molar-refractivity contribution in [1.82, 2.24) is 4.31 Å². The van der Waals surface area contributed by atoms with E-state index in [1.165, 1.54) is 4.31 Å². The van der Waals surface area contributed by atoms with Crippen LogP contribution >= 0.6 is 11.6 Å². The summed E-state index contributed by atoms with van der Waals surface area (Å²) in [6, 6.07) is 20.9. The molecule has 3 rings (SSSR count). The Labute approximate surface area is 182 Å². The number of carbonyl (C=O) groups excluding carboxylic acids is 1. The van der Waals surface area contributed by atoms with Crippen LogP contribution in [-0.4, -0.2) is 25.2 Å². The number of nitrogens with one attached hydrogen (secondary N) is 1. The lowest BCUT2D eigenvalue weighted by molar-refractivity contribution is -0.116. The Bertz CT molecular complexity index is 1150. The number of carbonyl (C=O) groups is 1. The van der Waals surface area contributed by atoms with Crippen molar-refractivity contribution in [1.29, 1.82) is 0 Å². The van der Waals surface area contributed by atoms with Crippen LogP contribution in [0.2, 0.25) is 5.02 Å². The highest BCUT2D eigenvalue weighted by atomic mass is 35.5. The Hall–Kier alpha value is -2.67. The molecule has 0 saturated heterocycles. The fraction of sp³-hybridized carbons (Fsp3) is 0.174. The van der Waals surface area contributed by atoms with E-state index in [0.717, 1.165) is 16.7 Å². The Balaban J connectivity index is 1.88. The minimum absolute atomic E-state index is 0.0842. The first kappa shape index (κ1) is 22.0. The molecule has 0 fully saturated rings. The highest BCUT2D eigenvalue weighted by Gasteiger charge is 2.27. The second-order valence-electron chi connectivity index (χ2n) is 7.13. The largest absolute Gasteiger partial charge is 0.325 e. The molecule has 0 atom stereocenters. The number of anilines is 1. The average molecular weight is 443 g/mol. The third-order valence-corrected chi connectivity index (χ3v) is 6.57. The zero-order chi connectivity index (χ0) is 21.7. The van der Waals surface area contributed by atoms with E-state index in [-0.39, 0.29) is 18.0 Å². The number of rotatable bonds is 7. The molecule has 3 aromatic carbocycles. The van der Waals surface area contributed by atoms with Crippen molar-refractivity contribution in [3.05, 3.63) is 94.5 Å². The van der Waals surface area contributed by atoms with Crippen LogP contribution in [-0.2, 0) is 21.4 Å². The van der Waals surface area contributed by atoms with E-state index < -0.39 is 15.9 Å². The smallest absolute Gasteiger partial charge is 0.243 e. The molecule has 30 heavy (non-hydrogen) atoms. The van der Waals surface area contributed by atoms with Crippen LogP contribution in [0.5, 0.6) is 0 Å². The lowest BCUT2D eigenvalue weighted by atomic mass is 10.1. The summed E-state index contributed by atoms with van der Waals surface area (Å²) in [7, 11) is -3.88. The molecular weight excluding hydrogens is 420 g/mol. The van der Waals surface area contributed by atoms with Crippen LogP contribution in [0.3, 0.4) is 0 Å². The molecule has 0 aromatic heterocycles. The second-order valence-corrected chi connectivity index (χ2v) is 9.51. The number of halogens is 1. The first-order valence-electron chi connectivity index (χ1n) is 9.42. The molecule has 3 aromatic rings. The summed E-state index contributed by atoms with van der Waals surface area (Å²) in [5.74, 6) is -0.444. The molecule has 0 unspecified atom stereocenters. The normalized spacial score (nSPS) is 11.5. The molecule has 156 valence electrons. The summed E-state index contributed by atoms with van der Waals surface area (Å²) in [5, 5.41) is 3.20. The molecule has 0 aliphatic carbocycles. The Morgan fingerprint density at radius 3 is 2.30 bits per heavy atom. The maximum absolute atomic E-state index is 13.3. The van der Waals surface area contributed by atoms with Crippen molar-refractivity contribution in [3.63, 3.8) is 0 Å². The van der Waals surface area contributed by atoms with Gasteiger partial charge >= 0.3 is 0 Å². The maximum Gasteiger partial charge on any atom is 0.243 e. The van der Waals surface area contributed by atoms with Gasteiger partial charge in [-0.3, -0.25) is 4.79 Å². The minimum atomic E-state index is -3.88. The van der Waals surface area contributed by atoms with Gasteiger partial charge in [-0.15, -0.1) is 0 Å². The minimum Gasteiger partial charge on any atom is -0.325 e. The van der Waals surface area contributed by atoms with Gasteiger partial charge in [0, 0.05) is 17.3 Å². The van der Waals surface area contributed by atoms with Crippen LogP contribution in [0.4, 0.5) is 5.69 Å². The van der Waals surface area contributed by atoms with Crippen molar-refractivity contribution in [3.8, 4) is 0 Å². The highest BCUT2D eigenvalue weighted by Crippen LogP contribution is 2.20.